The highest BCUT2D eigenvalue weighted by molar-refractivity contribution is 4.71. The lowest BCUT2D eigenvalue weighted by Crippen LogP contribution is -2.29. The van der Waals surface area contributed by atoms with Crippen LogP contribution in [0.15, 0.2) is 0 Å². The van der Waals surface area contributed by atoms with Crippen molar-refractivity contribution >= 4 is 0 Å². The third kappa shape index (κ3) is 1.46. The molecule has 1 aliphatic heterocycles. The second-order valence-electron chi connectivity index (χ2n) is 2.59. The number of ether oxygens (including phenoxy) is 2. The minimum Gasteiger partial charge on any atom is -0.348 e. The summed E-state index contributed by atoms with van der Waals surface area (Å²) in [5.74, 6) is 0. The molecule has 1 aliphatic rings. The van der Waals surface area contributed by atoms with E-state index in [-0.39, 0.29) is 5.60 Å². The lowest BCUT2D eigenvalue weighted by atomic mass is 10.1. The molecule has 1 radical (unpaired) electrons. The van der Waals surface area contributed by atoms with Gasteiger partial charge in [-0.15, -0.1) is 0 Å². The van der Waals surface area contributed by atoms with Crippen molar-refractivity contribution in [2.24, 2.45) is 0 Å². The van der Waals surface area contributed by atoms with E-state index in [0.29, 0.717) is 0 Å². The quantitative estimate of drug-likeness (QED) is 0.474. The Bertz CT molecular complexity index is 70.6. The van der Waals surface area contributed by atoms with Crippen molar-refractivity contribution in [2.45, 2.75) is 25.9 Å². The van der Waals surface area contributed by atoms with Gasteiger partial charge in [0.15, 0.2) is 0 Å². The minimum absolute atomic E-state index is 0.00174. The summed E-state index contributed by atoms with van der Waals surface area (Å²) in [6.07, 6.45) is 0.976. The molecule has 0 aromatic rings. The van der Waals surface area contributed by atoms with Gasteiger partial charge in [0.2, 0.25) is 6.79 Å². The molecule has 0 unspecified atom stereocenters. The molecule has 0 spiro atoms. The van der Waals surface area contributed by atoms with Gasteiger partial charge in [0.05, 0.1) is 12.2 Å². The second-order valence-corrected chi connectivity index (χ2v) is 2.59. The van der Waals surface area contributed by atoms with Gasteiger partial charge < -0.3 is 9.47 Å². The van der Waals surface area contributed by atoms with Crippen molar-refractivity contribution in [3.05, 3.63) is 6.79 Å². The molecule has 1 heterocycles. The molecule has 0 saturated carbocycles. The summed E-state index contributed by atoms with van der Waals surface area (Å²) in [6.45, 7) is 6.30. The molecule has 1 fully saturated rings. The van der Waals surface area contributed by atoms with Gasteiger partial charge in [0, 0.05) is 0 Å². The summed E-state index contributed by atoms with van der Waals surface area (Å²) in [5, 5.41) is 0. The number of hydrogen-bond acceptors (Lipinski definition) is 2. The van der Waals surface area contributed by atoms with Crippen molar-refractivity contribution in [3.8, 4) is 0 Å². The summed E-state index contributed by atoms with van der Waals surface area (Å²) < 4.78 is 9.98. The van der Waals surface area contributed by atoms with Crippen LogP contribution in [0.1, 0.15) is 20.3 Å². The SMILES string of the molecule is CC1(C)CCO[CH]O1. The largest absolute Gasteiger partial charge is 0.348 e. The average Bonchev–Trinajstić information content (AvgIpc) is 1.65. The Morgan fingerprint density at radius 3 is 2.50 bits per heavy atom. The predicted molar refractivity (Wildman–Crippen MR) is 30.0 cm³/mol. The van der Waals surface area contributed by atoms with E-state index in [2.05, 4.69) is 0 Å². The number of rotatable bonds is 0. The van der Waals surface area contributed by atoms with Crippen molar-refractivity contribution < 1.29 is 9.47 Å². The molecule has 47 valence electrons. The molecule has 0 aromatic carbocycles. The fourth-order valence-electron chi connectivity index (χ4n) is 0.576. The predicted octanol–water partition coefficient (Wildman–Crippen LogP) is 1.32. The van der Waals surface area contributed by atoms with E-state index in [1.165, 1.54) is 6.79 Å². The molecular weight excluding hydrogens is 104 g/mol. The smallest absolute Gasteiger partial charge is 0.209 e. The first kappa shape index (κ1) is 6.05. The normalized spacial score (nSPS) is 27.8. The van der Waals surface area contributed by atoms with Crippen LogP contribution in [-0.2, 0) is 9.47 Å². The van der Waals surface area contributed by atoms with Crippen LogP contribution in [0.2, 0.25) is 0 Å². The van der Waals surface area contributed by atoms with E-state index in [1.54, 1.807) is 0 Å². The first-order chi connectivity index (χ1) is 3.71. The Balaban J connectivity index is 2.33. The third-order valence-electron chi connectivity index (χ3n) is 1.26. The van der Waals surface area contributed by atoms with Gasteiger partial charge in [-0.25, -0.2) is 0 Å². The Morgan fingerprint density at radius 2 is 2.25 bits per heavy atom. The maximum absolute atomic E-state index is 5.12. The molecule has 0 atom stereocenters. The van der Waals surface area contributed by atoms with E-state index in [1.807, 2.05) is 13.8 Å². The van der Waals surface area contributed by atoms with Crippen LogP contribution in [-0.4, -0.2) is 12.2 Å². The van der Waals surface area contributed by atoms with Crippen LogP contribution in [0.3, 0.4) is 0 Å². The Morgan fingerprint density at radius 1 is 1.50 bits per heavy atom. The molecular formula is C6H11O2. The average molecular weight is 115 g/mol. The highest BCUT2D eigenvalue weighted by Gasteiger charge is 2.21. The summed E-state index contributed by atoms with van der Waals surface area (Å²) in [5.41, 5.74) is -0.00174. The molecule has 2 heteroatoms. The fraction of sp³-hybridized carbons (Fsp3) is 0.833. The second kappa shape index (κ2) is 2.03. The molecule has 0 aliphatic carbocycles. The first-order valence-electron chi connectivity index (χ1n) is 2.82. The first-order valence-corrected chi connectivity index (χ1v) is 2.82. The van der Waals surface area contributed by atoms with E-state index >= 15 is 0 Å². The van der Waals surface area contributed by atoms with E-state index < -0.39 is 0 Å². The number of hydrogen-bond donors (Lipinski definition) is 0. The summed E-state index contributed by atoms with van der Waals surface area (Å²) in [4.78, 5) is 0. The van der Waals surface area contributed by atoms with Crippen molar-refractivity contribution in [3.63, 3.8) is 0 Å². The van der Waals surface area contributed by atoms with Gasteiger partial charge in [-0.1, -0.05) is 0 Å². The zero-order valence-corrected chi connectivity index (χ0v) is 5.31. The van der Waals surface area contributed by atoms with E-state index in [0.717, 1.165) is 13.0 Å². The summed E-state index contributed by atoms with van der Waals surface area (Å²) >= 11 is 0. The maximum Gasteiger partial charge on any atom is 0.209 e. The molecule has 1 rings (SSSR count). The van der Waals surface area contributed by atoms with Gasteiger partial charge in [0.1, 0.15) is 0 Å². The van der Waals surface area contributed by atoms with Crippen molar-refractivity contribution in [2.75, 3.05) is 6.61 Å². The Labute approximate surface area is 49.8 Å². The molecule has 1 saturated heterocycles. The maximum atomic E-state index is 5.12. The zero-order chi connectivity index (χ0) is 6.04. The standard InChI is InChI=1S/C6H11O2/c1-6(2)3-4-7-5-8-6/h5H,3-4H2,1-2H3. The summed E-state index contributed by atoms with van der Waals surface area (Å²) in [6, 6.07) is 0. The van der Waals surface area contributed by atoms with E-state index in [9.17, 15) is 0 Å². The van der Waals surface area contributed by atoms with Gasteiger partial charge in [-0.05, 0) is 20.3 Å². The van der Waals surface area contributed by atoms with Crippen molar-refractivity contribution in [1.29, 1.82) is 0 Å². The highest BCUT2D eigenvalue weighted by atomic mass is 16.7. The monoisotopic (exact) mass is 115 g/mol. The van der Waals surface area contributed by atoms with Crippen LogP contribution in [0.5, 0.6) is 0 Å². The van der Waals surface area contributed by atoms with E-state index in [4.69, 9.17) is 9.47 Å². The molecule has 0 amide bonds. The summed E-state index contributed by atoms with van der Waals surface area (Å²) in [7, 11) is 0. The highest BCUT2D eigenvalue weighted by Crippen LogP contribution is 2.19. The minimum atomic E-state index is -0.00174. The van der Waals surface area contributed by atoms with Crippen LogP contribution in [0.4, 0.5) is 0 Å². The topological polar surface area (TPSA) is 18.5 Å². The van der Waals surface area contributed by atoms with Crippen molar-refractivity contribution in [1.82, 2.24) is 0 Å². The molecule has 8 heavy (non-hydrogen) atoms. The third-order valence-corrected chi connectivity index (χ3v) is 1.26. The van der Waals surface area contributed by atoms with Crippen LogP contribution in [0, 0.1) is 6.79 Å². The fourth-order valence-corrected chi connectivity index (χ4v) is 0.576. The Hall–Kier alpha value is -0.0800. The van der Waals surface area contributed by atoms with Gasteiger partial charge in [0.25, 0.3) is 0 Å². The Kier molecular flexibility index (Phi) is 1.54. The molecule has 0 bridgehead atoms. The molecule has 2 nitrogen and oxygen atoms in total. The van der Waals surface area contributed by atoms with Crippen LogP contribution in [0.25, 0.3) is 0 Å². The lowest BCUT2D eigenvalue weighted by Gasteiger charge is -2.28. The molecule has 0 aromatic heterocycles. The molecule has 0 N–H and O–H groups in total. The van der Waals surface area contributed by atoms with Gasteiger partial charge in [-0.3, -0.25) is 0 Å². The van der Waals surface area contributed by atoms with Gasteiger partial charge in [-0.2, -0.15) is 0 Å². The van der Waals surface area contributed by atoms with Gasteiger partial charge >= 0.3 is 0 Å². The zero-order valence-electron chi connectivity index (χ0n) is 5.31. The van der Waals surface area contributed by atoms with Crippen LogP contribution < -0.4 is 0 Å². The van der Waals surface area contributed by atoms with Crippen LogP contribution >= 0.6 is 0 Å². The lowest BCUT2D eigenvalue weighted by molar-refractivity contribution is -0.121.